The highest BCUT2D eigenvalue weighted by Crippen LogP contribution is 2.27. The maximum Gasteiger partial charge on any atom is 0.146 e. The molecule has 0 amide bonds. The molecule has 0 atom stereocenters. The number of para-hydroxylation sites is 1. The van der Waals surface area contributed by atoms with Crippen molar-refractivity contribution in [1.29, 1.82) is 0 Å². The molecule has 2 aromatic rings. The van der Waals surface area contributed by atoms with E-state index in [1.54, 1.807) is 37.6 Å². The summed E-state index contributed by atoms with van der Waals surface area (Å²) in [5, 5.41) is 0. The Kier molecular flexibility index (Phi) is 4.90. The first kappa shape index (κ1) is 14.3. The second-order valence-corrected chi connectivity index (χ2v) is 4.30. The number of benzene rings is 1. The van der Waals surface area contributed by atoms with Crippen molar-refractivity contribution in [2.24, 2.45) is 5.73 Å². The third-order valence-electron chi connectivity index (χ3n) is 2.96. The molecule has 20 heavy (non-hydrogen) atoms. The van der Waals surface area contributed by atoms with Gasteiger partial charge in [-0.3, -0.25) is 0 Å². The molecule has 1 aromatic heterocycles. The van der Waals surface area contributed by atoms with Gasteiger partial charge in [0.1, 0.15) is 17.4 Å². The summed E-state index contributed by atoms with van der Waals surface area (Å²) in [5.74, 6) is 1.06. The lowest BCUT2D eigenvalue weighted by molar-refractivity contribution is 0.413. The molecule has 2 rings (SSSR count). The fourth-order valence-corrected chi connectivity index (χ4v) is 1.93. The van der Waals surface area contributed by atoms with E-state index >= 15 is 0 Å². The Morgan fingerprint density at radius 2 is 2.05 bits per heavy atom. The molecule has 1 heterocycles. The van der Waals surface area contributed by atoms with Gasteiger partial charge in [-0.1, -0.05) is 12.1 Å². The molecule has 2 N–H and O–H groups in total. The van der Waals surface area contributed by atoms with Gasteiger partial charge in [0, 0.05) is 6.54 Å². The number of nitrogens with zero attached hydrogens (tertiary/aromatic N) is 2. The van der Waals surface area contributed by atoms with Gasteiger partial charge in [-0.2, -0.15) is 0 Å². The van der Waals surface area contributed by atoms with Gasteiger partial charge in [-0.15, -0.1) is 0 Å². The van der Waals surface area contributed by atoms with Crippen molar-refractivity contribution >= 4 is 11.5 Å². The summed E-state index contributed by atoms with van der Waals surface area (Å²) in [5.41, 5.74) is 6.05. The number of halogens is 1. The molecule has 106 valence electrons. The lowest BCUT2D eigenvalue weighted by Gasteiger charge is -2.24. The van der Waals surface area contributed by atoms with E-state index in [1.165, 1.54) is 6.07 Å². The molecule has 5 heteroatoms. The van der Waals surface area contributed by atoms with Crippen LogP contribution in [-0.2, 0) is 0 Å². The topological polar surface area (TPSA) is 51.4 Å². The molecule has 0 saturated carbocycles. The Morgan fingerprint density at radius 1 is 1.25 bits per heavy atom. The number of nitrogens with two attached hydrogens (primary N) is 1. The van der Waals surface area contributed by atoms with Gasteiger partial charge in [-0.25, -0.2) is 9.37 Å². The highest BCUT2D eigenvalue weighted by atomic mass is 19.1. The second kappa shape index (κ2) is 6.86. The molecule has 0 aliphatic carbocycles. The van der Waals surface area contributed by atoms with Crippen LogP contribution >= 0.6 is 0 Å². The Hall–Kier alpha value is -2.14. The third kappa shape index (κ3) is 3.24. The number of hydrogen-bond donors (Lipinski definition) is 1. The van der Waals surface area contributed by atoms with Crippen LogP contribution in [0.4, 0.5) is 15.9 Å². The predicted molar refractivity (Wildman–Crippen MR) is 77.9 cm³/mol. The average molecular weight is 275 g/mol. The summed E-state index contributed by atoms with van der Waals surface area (Å²) < 4.78 is 19.1. The van der Waals surface area contributed by atoms with Crippen molar-refractivity contribution in [3.8, 4) is 5.75 Å². The molecule has 0 spiro atoms. The third-order valence-corrected chi connectivity index (χ3v) is 2.96. The van der Waals surface area contributed by atoms with Crippen LogP contribution in [-0.4, -0.2) is 25.2 Å². The van der Waals surface area contributed by atoms with Gasteiger partial charge in [-0.05, 0) is 37.2 Å². The Morgan fingerprint density at radius 3 is 2.65 bits per heavy atom. The largest absolute Gasteiger partial charge is 0.495 e. The lowest BCUT2D eigenvalue weighted by Crippen LogP contribution is -2.22. The zero-order valence-electron chi connectivity index (χ0n) is 11.4. The molecular formula is C15H18FN3O. The minimum absolute atomic E-state index is 0.276. The number of ether oxygens (including phenoxy) is 1. The highest BCUT2D eigenvalue weighted by Gasteiger charge is 2.14. The molecule has 0 radical (unpaired) electrons. The van der Waals surface area contributed by atoms with Crippen molar-refractivity contribution in [3.63, 3.8) is 0 Å². The molecule has 0 fully saturated rings. The zero-order chi connectivity index (χ0) is 14.4. The number of pyridine rings is 1. The quantitative estimate of drug-likeness (QED) is 0.880. The fraction of sp³-hybridized carbons (Fsp3) is 0.267. The summed E-state index contributed by atoms with van der Waals surface area (Å²) in [4.78, 5) is 6.13. The van der Waals surface area contributed by atoms with E-state index in [1.807, 2.05) is 11.0 Å². The summed E-state index contributed by atoms with van der Waals surface area (Å²) in [6.07, 6.45) is 2.37. The fourth-order valence-electron chi connectivity index (χ4n) is 1.93. The summed E-state index contributed by atoms with van der Waals surface area (Å²) >= 11 is 0. The van der Waals surface area contributed by atoms with E-state index in [0.717, 1.165) is 6.42 Å². The van der Waals surface area contributed by atoms with Crippen LogP contribution in [0.2, 0.25) is 0 Å². The van der Waals surface area contributed by atoms with Crippen molar-refractivity contribution in [2.45, 2.75) is 6.42 Å². The van der Waals surface area contributed by atoms with Crippen LogP contribution in [0.1, 0.15) is 6.42 Å². The van der Waals surface area contributed by atoms with Crippen LogP contribution in [0.25, 0.3) is 0 Å². The van der Waals surface area contributed by atoms with Gasteiger partial charge in [0.25, 0.3) is 0 Å². The van der Waals surface area contributed by atoms with Crippen molar-refractivity contribution < 1.29 is 9.13 Å². The zero-order valence-corrected chi connectivity index (χ0v) is 11.4. The minimum atomic E-state index is -0.276. The Bertz CT molecular complexity index is 545. The first-order valence-electron chi connectivity index (χ1n) is 6.48. The number of methoxy groups -OCH3 is 1. The van der Waals surface area contributed by atoms with E-state index in [-0.39, 0.29) is 5.82 Å². The monoisotopic (exact) mass is 275 g/mol. The van der Waals surface area contributed by atoms with Crippen LogP contribution in [0.15, 0.2) is 42.6 Å². The average Bonchev–Trinajstić information content (AvgIpc) is 2.50. The van der Waals surface area contributed by atoms with Crippen molar-refractivity contribution in [2.75, 3.05) is 25.1 Å². The van der Waals surface area contributed by atoms with E-state index < -0.39 is 0 Å². The maximum atomic E-state index is 14.0. The molecule has 1 aromatic carbocycles. The van der Waals surface area contributed by atoms with Crippen molar-refractivity contribution in [3.05, 3.63) is 48.4 Å². The van der Waals surface area contributed by atoms with Crippen LogP contribution in [0.3, 0.4) is 0 Å². The smallest absolute Gasteiger partial charge is 0.146 e. The SMILES string of the molecule is COc1ccc(N(CCCN)c2ccccc2F)nc1. The van der Waals surface area contributed by atoms with Gasteiger partial charge in [0.2, 0.25) is 0 Å². The maximum absolute atomic E-state index is 14.0. The Balaban J connectivity index is 2.33. The molecule has 0 bridgehead atoms. The van der Waals surface area contributed by atoms with Gasteiger partial charge in [0.15, 0.2) is 0 Å². The number of rotatable bonds is 6. The molecule has 0 saturated heterocycles. The van der Waals surface area contributed by atoms with Gasteiger partial charge >= 0.3 is 0 Å². The van der Waals surface area contributed by atoms with E-state index in [2.05, 4.69) is 4.98 Å². The summed E-state index contributed by atoms with van der Waals surface area (Å²) in [6, 6.07) is 10.3. The Labute approximate surface area is 118 Å². The number of hydrogen-bond acceptors (Lipinski definition) is 4. The first-order chi connectivity index (χ1) is 9.76. The van der Waals surface area contributed by atoms with Crippen LogP contribution < -0.4 is 15.4 Å². The van der Waals surface area contributed by atoms with Crippen LogP contribution in [0.5, 0.6) is 5.75 Å². The number of aromatic nitrogens is 1. The first-order valence-corrected chi connectivity index (χ1v) is 6.48. The highest BCUT2D eigenvalue weighted by molar-refractivity contribution is 5.60. The molecule has 4 nitrogen and oxygen atoms in total. The minimum Gasteiger partial charge on any atom is -0.495 e. The second-order valence-electron chi connectivity index (χ2n) is 4.30. The van der Waals surface area contributed by atoms with Gasteiger partial charge in [0.05, 0.1) is 19.0 Å². The lowest BCUT2D eigenvalue weighted by atomic mass is 10.2. The summed E-state index contributed by atoms with van der Waals surface area (Å²) in [7, 11) is 1.58. The van der Waals surface area contributed by atoms with E-state index in [4.69, 9.17) is 10.5 Å². The van der Waals surface area contributed by atoms with E-state index in [9.17, 15) is 4.39 Å². The molecule has 0 aliphatic heterocycles. The molecular weight excluding hydrogens is 257 g/mol. The van der Waals surface area contributed by atoms with Gasteiger partial charge < -0.3 is 15.4 Å². The van der Waals surface area contributed by atoms with E-state index in [0.29, 0.717) is 30.3 Å². The predicted octanol–water partition coefficient (Wildman–Crippen LogP) is 2.72. The van der Waals surface area contributed by atoms with Crippen molar-refractivity contribution in [1.82, 2.24) is 4.98 Å². The van der Waals surface area contributed by atoms with Crippen LogP contribution in [0, 0.1) is 5.82 Å². The standard InChI is InChI=1S/C15H18FN3O/c1-20-12-7-8-15(18-11-12)19(10-4-9-17)14-6-3-2-5-13(14)16/h2-3,5-8,11H,4,9-10,17H2,1H3. The summed E-state index contributed by atoms with van der Waals surface area (Å²) in [6.45, 7) is 1.15. The normalized spacial score (nSPS) is 10.3. The molecule has 0 unspecified atom stereocenters. The molecule has 0 aliphatic rings. The number of anilines is 2.